The number of hydrogen-bond donors (Lipinski definition) is 1. The molecular formula is C30H48N4O3. The van der Waals surface area contributed by atoms with Crippen LogP contribution in [0.3, 0.4) is 0 Å². The van der Waals surface area contributed by atoms with Gasteiger partial charge in [0, 0.05) is 38.2 Å². The minimum atomic E-state index is -0.222. The molecule has 0 aliphatic carbocycles. The van der Waals surface area contributed by atoms with Gasteiger partial charge in [-0.2, -0.15) is 5.10 Å². The fourth-order valence-electron chi connectivity index (χ4n) is 4.26. The molecule has 7 heteroatoms. The molecule has 1 N–H and O–H groups in total. The van der Waals surface area contributed by atoms with Gasteiger partial charge in [-0.15, -0.1) is 0 Å². The normalized spacial score (nSPS) is 11.5. The molecule has 0 bridgehead atoms. The highest BCUT2D eigenvalue weighted by Crippen LogP contribution is 2.27. The first-order valence-corrected chi connectivity index (χ1v) is 13.9. The summed E-state index contributed by atoms with van der Waals surface area (Å²) in [4.78, 5) is 27.9. The fraction of sp³-hybridized carbons (Fsp3) is 0.633. The van der Waals surface area contributed by atoms with Crippen LogP contribution in [0.2, 0.25) is 0 Å². The van der Waals surface area contributed by atoms with Crippen LogP contribution in [-0.2, 0) is 19.7 Å². The third kappa shape index (κ3) is 10.3. The molecule has 2 rings (SSSR count). The van der Waals surface area contributed by atoms with E-state index < -0.39 is 0 Å². The number of amides is 2. The van der Waals surface area contributed by atoms with E-state index in [1.807, 2.05) is 37.3 Å². The highest BCUT2D eigenvalue weighted by atomic mass is 16.5. The summed E-state index contributed by atoms with van der Waals surface area (Å²) in [5, 5.41) is 7.86. The van der Waals surface area contributed by atoms with Gasteiger partial charge in [-0.3, -0.25) is 9.59 Å². The Kier molecular flexibility index (Phi) is 12.8. The maximum Gasteiger partial charge on any atom is 0.245 e. The van der Waals surface area contributed by atoms with Crippen LogP contribution in [0.15, 0.2) is 30.3 Å². The maximum atomic E-state index is 13.2. The predicted molar refractivity (Wildman–Crippen MR) is 151 cm³/mol. The Bertz CT molecular complexity index is 977. The summed E-state index contributed by atoms with van der Waals surface area (Å²) < 4.78 is 6.97. The highest BCUT2D eigenvalue weighted by molar-refractivity contribution is 5.94. The van der Waals surface area contributed by atoms with Gasteiger partial charge in [-0.1, -0.05) is 84.4 Å². The zero-order chi connectivity index (χ0) is 27.3. The third-order valence-corrected chi connectivity index (χ3v) is 6.55. The van der Waals surface area contributed by atoms with Crippen molar-refractivity contribution >= 4 is 17.6 Å². The van der Waals surface area contributed by atoms with Crippen LogP contribution in [0.1, 0.15) is 96.7 Å². The first-order valence-electron chi connectivity index (χ1n) is 13.9. The van der Waals surface area contributed by atoms with Crippen molar-refractivity contribution in [1.82, 2.24) is 14.7 Å². The van der Waals surface area contributed by atoms with Crippen molar-refractivity contribution in [3.8, 4) is 5.69 Å². The van der Waals surface area contributed by atoms with Crippen molar-refractivity contribution in [3.63, 3.8) is 0 Å². The Labute approximate surface area is 224 Å². The van der Waals surface area contributed by atoms with E-state index in [0.717, 1.165) is 36.2 Å². The van der Waals surface area contributed by atoms with Gasteiger partial charge in [0.2, 0.25) is 11.8 Å². The molecule has 0 unspecified atom stereocenters. The average Bonchev–Trinajstić information content (AvgIpc) is 3.27. The molecule has 2 aromatic rings. The third-order valence-electron chi connectivity index (χ3n) is 6.55. The number of hydrogen-bond acceptors (Lipinski definition) is 4. The number of benzene rings is 1. The first kappa shape index (κ1) is 30.6. The van der Waals surface area contributed by atoms with Crippen LogP contribution in [0.4, 0.5) is 5.82 Å². The van der Waals surface area contributed by atoms with Gasteiger partial charge in [0.1, 0.15) is 5.82 Å². The molecule has 0 spiro atoms. The van der Waals surface area contributed by atoms with Crippen LogP contribution in [-0.4, -0.2) is 53.3 Å². The molecule has 206 valence electrons. The standard InChI is InChI=1S/C30H48N4O3/c1-7-8-9-10-11-12-13-19-29(36)33(20-16-21-37-6)23-28(35)31-27-22-26(30(3,4)5)32-34(27)25-18-15-14-17-24(25)2/h14-15,17-18,22H,7-13,16,19-21,23H2,1-6H3,(H,31,35). The van der Waals surface area contributed by atoms with Gasteiger partial charge < -0.3 is 15.0 Å². The lowest BCUT2D eigenvalue weighted by Gasteiger charge is -2.22. The van der Waals surface area contributed by atoms with E-state index in [1.165, 1.54) is 25.7 Å². The molecule has 2 amide bonds. The zero-order valence-electron chi connectivity index (χ0n) is 23.9. The van der Waals surface area contributed by atoms with Crippen LogP contribution >= 0.6 is 0 Å². The number of ether oxygens (including phenoxy) is 1. The number of aromatic nitrogens is 2. The van der Waals surface area contributed by atoms with E-state index in [-0.39, 0.29) is 23.8 Å². The quantitative estimate of drug-likeness (QED) is 0.263. The second-order valence-electron chi connectivity index (χ2n) is 10.9. The van der Waals surface area contributed by atoms with E-state index in [9.17, 15) is 9.59 Å². The Hall–Kier alpha value is -2.67. The highest BCUT2D eigenvalue weighted by Gasteiger charge is 2.23. The number of methoxy groups -OCH3 is 1. The molecule has 7 nitrogen and oxygen atoms in total. The zero-order valence-corrected chi connectivity index (χ0v) is 23.9. The molecule has 1 aromatic carbocycles. The number of rotatable bonds is 16. The molecule has 37 heavy (non-hydrogen) atoms. The van der Waals surface area contributed by atoms with Crippen molar-refractivity contribution in [2.45, 2.75) is 97.8 Å². The SMILES string of the molecule is CCCCCCCCCC(=O)N(CCCOC)CC(=O)Nc1cc(C(C)(C)C)nn1-c1ccccc1C. The first-order chi connectivity index (χ1) is 17.7. The molecule has 1 aromatic heterocycles. The Morgan fingerprint density at radius 3 is 2.35 bits per heavy atom. The van der Waals surface area contributed by atoms with Gasteiger partial charge in [-0.25, -0.2) is 4.68 Å². The smallest absolute Gasteiger partial charge is 0.245 e. The molecule has 0 aliphatic rings. The van der Waals surface area contributed by atoms with Gasteiger partial charge in [0.05, 0.1) is 17.9 Å². The van der Waals surface area contributed by atoms with E-state index in [2.05, 4.69) is 33.0 Å². The number of para-hydroxylation sites is 1. The number of aryl methyl sites for hydroxylation is 1. The molecule has 1 heterocycles. The summed E-state index contributed by atoms with van der Waals surface area (Å²) in [7, 11) is 1.65. The van der Waals surface area contributed by atoms with Crippen LogP contribution in [0, 0.1) is 6.92 Å². The van der Waals surface area contributed by atoms with Gasteiger partial charge >= 0.3 is 0 Å². The lowest BCUT2D eigenvalue weighted by Crippen LogP contribution is -2.39. The van der Waals surface area contributed by atoms with Crippen molar-refractivity contribution in [3.05, 3.63) is 41.6 Å². The van der Waals surface area contributed by atoms with E-state index in [0.29, 0.717) is 31.8 Å². The van der Waals surface area contributed by atoms with Gasteiger partial charge in [-0.05, 0) is 31.4 Å². The second-order valence-corrected chi connectivity index (χ2v) is 10.9. The lowest BCUT2D eigenvalue weighted by atomic mass is 9.92. The van der Waals surface area contributed by atoms with Gasteiger partial charge in [0.15, 0.2) is 0 Å². The largest absolute Gasteiger partial charge is 0.385 e. The monoisotopic (exact) mass is 512 g/mol. The minimum absolute atomic E-state index is 0.0167. The number of nitrogens with one attached hydrogen (secondary N) is 1. The average molecular weight is 513 g/mol. The van der Waals surface area contributed by atoms with E-state index >= 15 is 0 Å². The van der Waals surface area contributed by atoms with Crippen molar-refractivity contribution in [2.24, 2.45) is 0 Å². The molecular weight excluding hydrogens is 464 g/mol. The minimum Gasteiger partial charge on any atom is -0.385 e. The summed E-state index contributed by atoms with van der Waals surface area (Å²) in [6.45, 7) is 11.6. The number of anilines is 1. The summed E-state index contributed by atoms with van der Waals surface area (Å²) >= 11 is 0. The molecule has 0 aliphatic heterocycles. The number of carbonyl (C=O) groups excluding carboxylic acids is 2. The van der Waals surface area contributed by atoms with Gasteiger partial charge in [0.25, 0.3) is 0 Å². The summed E-state index contributed by atoms with van der Waals surface area (Å²) in [5.41, 5.74) is 2.69. The van der Waals surface area contributed by atoms with Crippen molar-refractivity contribution < 1.29 is 14.3 Å². The molecule has 0 radical (unpaired) electrons. The molecule has 0 saturated heterocycles. The number of unbranched alkanes of at least 4 members (excludes halogenated alkanes) is 6. The maximum absolute atomic E-state index is 13.2. The molecule has 0 saturated carbocycles. The fourth-order valence-corrected chi connectivity index (χ4v) is 4.26. The lowest BCUT2D eigenvalue weighted by molar-refractivity contribution is -0.135. The number of carbonyl (C=O) groups is 2. The van der Waals surface area contributed by atoms with Crippen LogP contribution < -0.4 is 5.32 Å². The second kappa shape index (κ2) is 15.6. The van der Waals surface area contributed by atoms with E-state index in [4.69, 9.17) is 9.84 Å². The van der Waals surface area contributed by atoms with Crippen molar-refractivity contribution in [1.29, 1.82) is 0 Å². The Morgan fingerprint density at radius 2 is 1.70 bits per heavy atom. The van der Waals surface area contributed by atoms with Crippen LogP contribution in [0.5, 0.6) is 0 Å². The Balaban J connectivity index is 2.08. The summed E-state index contributed by atoms with van der Waals surface area (Å²) in [5.74, 6) is 0.420. The topological polar surface area (TPSA) is 76.5 Å². The van der Waals surface area contributed by atoms with Crippen LogP contribution in [0.25, 0.3) is 5.69 Å². The predicted octanol–water partition coefficient (Wildman–Crippen LogP) is 6.42. The Morgan fingerprint density at radius 1 is 1.03 bits per heavy atom. The summed E-state index contributed by atoms with van der Waals surface area (Å²) in [6.07, 6.45) is 9.27. The molecule has 0 fully saturated rings. The summed E-state index contributed by atoms with van der Waals surface area (Å²) in [6, 6.07) is 9.90. The molecule has 0 atom stereocenters. The number of nitrogens with zero attached hydrogens (tertiary/aromatic N) is 3. The van der Waals surface area contributed by atoms with E-state index in [1.54, 1.807) is 16.7 Å². The van der Waals surface area contributed by atoms with Crippen molar-refractivity contribution in [2.75, 3.05) is 32.1 Å².